The zero-order chi connectivity index (χ0) is 23.9. The highest BCUT2D eigenvalue weighted by atomic mass is 16.2. The fourth-order valence-electron chi connectivity index (χ4n) is 2.28. The van der Waals surface area contributed by atoms with Crippen molar-refractivity contribution >= 4 is 24.0 Å². The van der Waals surface area contributed by atoms with Gasteiger partial charge in [0.2, 0.25) is 17.8 Å². The molecule has 4 N–H and O–H groups in total. The fraction of sp³-hybridized carbons (Fsp3) is 0.435. The molecule has 9 nitrogen and oxygen atoms in total. The van der Waals surface area contributed by atoms with Gasteiger partial charge in [-0.05, 0) is 32.3 Å². The Labute approximate surface area is 190 Å². The number of aliphatic hydroxyl groups is 1. The minimum Gasteiger partial charge on any atom is -0.400 e. The monoisotopic (exact) mass is 445 g/mol. The molecule has 1 heterocycles. The molecule has 2 aromatic rings. The number of rotatable bonds is 12. The van der Waals surface area contributed by atoms with Gasteiger partial charge in [-0.2, -0.15) is 0 Å². The molecule has 0 unspecified atom stereocenters. The first-order valence-corrected chi connectivity index (χ1v) is 10.6. The van der Waals surface area contributed by atoms with Crippen molar-refractivity contribution in [3.63, 3.8) is 0 Å². The number of aldehydes is 1. The van der Waals surface area contributed by atoms with Gasteiger partial charge in [0.05, 0.1) is 6.54 Å². The summed E-state index contributed by atoms with van der Waals surface area (Å²) in [4.78, 5) is 41.1. The van der Waals surface area contributed by atoms with Crippen LogP contribution < -0.4 is 16.0 Å². The van der Waals surface area contributed by atoms with E-state index in [0.29, 0.717) is 25.3 Å². The summed E-state index contributed by atoms with van der Waals surface area (Å²) in [6.07, 6.45) is 6.94. The molecule has 0 aliphatic rings. The van der Waals surface area contributed by atoms with Crippen LogP contribution in [0, 0.1) is 6.92 Å². The maximum atomic E-state index is 11.5. The van der Waals surface area contributed by atoms with E-state index in [4.69, 9.17) is 5.11 Å². The van der Waals surface area contributed by atoms with Crippen molar-refractivity contribution in [2.24, 2.45) is 0 Å². The molecule has 176 valence electrons. The van der Waals surface area contributed by atoms with Gasteiger partial charge in [0, 0.05) is 45.4 Å². The topological polar surface area (TPSA) is 133 Å². The summed E-state index contributed by atoms with van der Waals surface area (Å²) in [6, 6.07) is 12.0. The Hall–Kier alpha value is -3.33. The van der Waals surface area contributed by atoms with E-state index < -0.39 is 0 Å². The number of nitrogens with one attached hydrogen (secondary N) is 3. The third-order valence-corrected chi connectivity index (χ3v) is 3.89. The molecule has 0 atom stereocenters. The van der Waals surface area contributed by atoms with Gasteiger partial charge < -0.3 is 25.9 Å². The molecule has 0 aliphatic carbocycles. The van der Waals surface area contributed by atoms with E-state index in [2.05, 4.69) is 45.0 Å². The third-order valence-electron chi connectivity index (χ3n) is 3.89. The Morgan fingerprint density at radius 2 is 1.56 bits per heavy atom. The van der Waals surface area contributed by atoms with Crippen LogP contribution in [0.15, 0.2) is 48.8 Å². The Kier molecular flexibility index (Phi) is 18.7. The lowest BCUT2D eigenvalue weighted by molar-refractivity contribution is -0.126. The summed E-state index contributed by atoms with van der Waals surface area (Å²) in [7, 11) is 1.00. The molecular weight excluding hydrogens is 410 g/mol. The smallest absolute Gasteiger partial charge is 0.239 e. The van der Waals surface area contributed by atoms with Gasteiger partial charge in [0.15, 0.2) is 0 Å². The normalized spacial score (nSPS) is 9.22. The van der Waals surface area contributed by atoms with Crippen molar-refractivity contribution in [3.05, 3.63) is 54.4 Å². The van der Waals surface area contributed by atoms with E-state index in [9.17, 15) is 14.4 Å². The molecule has 32 heavy (non-hydrogen) atoms. The van der Waals surface area contributed by atoms with E-state index in [1.165, 1.54) is 5.56 Å². The lowest BCUT2D eigenvalue weighted by Crippen LogP contribution is -2.37. The fourth-order valence-corrected chi connectivity index (χ4v) is 2.28. The van der Waals surface area contributed by atoms with Gasteiger partial charge in [-0.1, -0.05) is 35.9 Å². The molecule has 1 aromatic heterocycles. The van der Waals surface area contributed by atoms with Crippen molar-refractivity contribution in [1.29, 1.82) is 0 Å². The second kappa shape index (κ2) is 20.9. The number of anilines is 1. The largest absolute Gasteiger partial charge is 0.400 e. The lowest BCUT2D eigenvalue weighted by Gasteiger charge is -2.07. The standard InChI is InChI=1S/C15H23N5O3.C7H8.CH4O/c21-11-4-1-6-13(22)20-12-14(23)16-7-2-3-8-17-15-18-9-5-10-19-15;1-7-5-3-2-4-6-7;1-2/h5,9-11H,1-4,6-8,12H2,(H,16,23)(H,20,22)(H,17,18,19);2-6H,1H3;2H,1H3. The summed E-state index contributed by atoms with van der Waals surface area (Å²) in [5.74, 6) is 0.163. The van der Waals surface area contributed by atoms with Crippen molar-refractivity contribution in [2.75, 3.05) is 32.1 Å². The third kappa shape index (κ3) is 17.5. The van der Waals surface area contributed by atoms with Crippen LogP contribution in [0.1, 0.15) is 37.7 Å². The molecule has 0 saturated heterocycles. The van der Waals surface area contributed by atoms with Crippen LogP contribution in [0.25, 0.3) is 0 Å². The predicted octanol–water partition coefficient (Wildman–Crippen LogP) is 1.87. The first kappa shape index (κ1) is 28.7. The van der Waals surface area contributed by atoms with Crippen molar-refractivity contribution < 1.29 is 19.5 Å². The number of amides is 2. The molecule has 9 heteroatoms. The number of hydrogen-bond donors (Lipinski definition) is 4. The maximum absolute atomic E-state index is 11.5. The molecule has 0 saturated carbocycles. The summed E-state index contributed by atoms with van der Waals surface area (Å²) in [6.45, 7) is 3.33. The van der Waals surface area contributed by atoms with Gasteiger partial charge >= 0.3 is 0 Å². The summed E-state index contributed by atoms with van der Waals surface area (Å²) >= 11 is 0. The zero-order valence-electron chi connectivity index (χ0n) is 18.9. The Morgan fingerprint density at radius 3 is 2.16 bits per heavy atom. The van der Waals surface area contributed by atoms with Crippen LogP contribution in [-0.4, -0.2) is 59.9 Å². The van der Waals surface area contributed by atoms with Crippen LogP contribution in [0.4, 0.5) is 5.95 Å². The minimum absolute atomic E-state index is 0.0317. The summed E-state index contributed by atoms with van der Waals surface area (Å²) in [5, 5.41) is 15.3. The number of hydrogen-bond acceptors (Lipinski definition) is 7. The number of nitrogens with zero attached hydrogens (tertiary/aromatic N) is 2. The first-order chi connectivity index (χ1) is 15.6. The van der Waals surface area contributed by atoms with Crippen molar-refractivity contribution in [3.8, 4) is 0 Å². The van der Waals surface area contributed by atoms with Gasteiger partial charge in [-0.25, -0.2) is 9.97 Å². The minimum atomic E-state index is -0.215. The number of unbranched alkanes of at least 4 members (excludes halogenated alkanes) is 2. The van der Waals surface area contributed by atoms with Crippen molar-refractivity contribution in [1.82, 2.24) is 20.6 Å². The van der Waals surface area contributed by atoms with E-state index in [1.54, 1.807) is 18.5 Å². The molecule has 0 radical (unpaired) electrons. The lowest BCUT2D eigenvalue weighted by atomic mass is 10.2. The van der Waals surface area contributed by atoms with E-state index in [0.717, 1.165) is 32.8 Å². The Balaban J connectivity index is 0.000000889. The second-order valence-electron chi connectivity index (χ2n) is 6.55. The number of benzene rings is 1. The van der Waals surface area contributed by atoms with Gasteiger partial charge in [-0.15, -0.1) is 0 Å². The van der Waals surface area contributed by atoms with Crippen LogP contribution in [-0.2, 0) is 14.4 Å². The van der Waals surface area contributed by atoms with Crippen LogP contribution in [0.3, 0.4) is 0 Å². The van der Waals surface area contributed by atoms with Crippen LogP contribution in [0.5, 0.6) is 0 Å². The average Bonchev–Trinajstić information content (AvgIpc) is 2.83. The number of carbonyl (C=O) groups is 3. The SMILES string of the molecule is CO.Cc1ccccc1.O=CCCCC(=O)NCC(=O)NCCCCNc1ncccn1. The molecule has 2 amide bonds. The number of aliphatic hydroxyl groups excluding tert-OH is 1. The number of aromatic nitrogens is 2. The summed E-state index contributed by atoms with van der Waals surface area (Å²) in [5.41, 5.74) is 1.32. The molecular formula is C23H35N5O4. The highest BCUT2D eigenvalue weighted by Crippen LogP contribution is 1.95. The number of aryl methyl sites for hydroxylation is 1. The zero-order valence-corrected chi connectivity index (χ0v) is 18.9. The van der Waals surface area contributed by atoms with Gasteiger partial charge in [0.1, 0.15) is 6.29 Å². The highest BCUT2D eigenvalue weighted by molar-refractivity contribution is 5.84. The van der Waals surface area contributed by atoms with Gasteiger partial charge in [0.25, 0.3) is 0 Å². The predicted molar refractivity (Wildman–Crippen MR) is 125 cm³/mol. The van der Waals surface area contributed by atoms with Crippen LogP contribution >= 0.6 is 0 Å². The van der Waals surface area contributed by atoms with Crippen LogP contribution in [0.2, 0.25) is 0 Å². The second-order valence-corrected chi connectivity index (χ2v) is 6.55. The number of carbonyl (C=O) groups excluding carboxylic acids is 3. The van der Waals surface area contributed by atoms with E-state index in [-0.39, 0.29) is 24.8 Å². The van der Waals surface area contributed by atoms with E-state index >= 15 is 0 Å². The molecule has 1 aromatic carbocycles. The summed E-state index contributed by atoms with van der Waals surface area (Å²) < 4.78 is 0. The Bertz CT molecular complexity index is 730. The highest BCUT2D eigenvalue weighted by Gasteiger charge is 2.04. The molecule has 0 fully saturated rings. The van der Waals surface area contributed by atoms with E-state index in [1.807, 2.05) is 18.2 Å². The molecule has 0 spiro atoms. The first-order valence-electron chi connectivity index (χ1n) is 10.6. The molecule has 0 bridgehead atoms. The van der Waals surface area contributed by atoms with Crippen molar-refractivity contribution in [2.45, 2.75) is 39.0 Å². The average molecular weight is 446 g/mol. The van der Waals surface area contributed by atoms with Gasteiger partial charge in [-0.3, -0.25) is 9.59 Å². The molecule has 2 rings (SSSR count). The Morgan fingerprint density at radius 1 is 0.906 bits per heavy atom. The molecule has 0 aliphatic heterocycles. The maximum Gasteiger partial charge on any atom is 0.239 e. The quantitative estimate of drug-likeness (QED) is 0.289.